The molecule has 9 rings (SSSR count). The van der Waals surface area contributed by atoms with E-state index >= 15 is 0 Å². The summed E-state index contributed by atoms with van der Waals surface area (Å²) in [6.07, 6.45) is 5.81. The van der Waals surface area contributed by atoms with Crippen LogP contribution >= 0.6 is 0 Å². The van der Waals surface area contributed by atoms with E-state index in [2.05, 4.69) is 153 Å². The summed E-state index contributed by atoms with van der Waals surface area (Å²) < 4.78 is 6.43. The van der Waals surface area contributed by atoms with E-state index in [4.69, 9.17) is 4.42 Å². The third kappa shape index (κ3) is 3.36. The van der Waals surface area contributed by atoms with Crippen molar-refractivity contribution in [2.75, 3.05) is 0 Å². The lowest BCUT2D eigenvalue weighted by molar-refractivity contribution is 0.288. The van der Waals surface area contributed by atoms with Gasteiger partial charge in [-0.15, -0.1) is 0 Å². The average molecular weight is 565 g/mol. The lowest BCUT2D eigenvalue weighted by Crippen LogP contribution is -2.45. The lowest BCUT2D eigenvalue weighted by atomic mass is 9.53. The van der Waals surface area contributed by atoms with Crippen molar-refractivity contribution in [3.63, 3.8) is 0 Å². The van der Waals surface area contributed by atoms with Crippen LogP contribution in [-0.2, 0) is 11.8 Å². The molecule has 44 heavy (non-hydrogen) atoms. The fraction of sp³-hybridized carbons (Fsp3) is 0.116. The second-order valence-corrected chi connectivity index (χ2v) is 12.8. The molecule has 2 atom stereocenters. The monoisotopic (exact) mass is 564 g/mol. The van der Waals surface area contributed by atoms with Crippen LogP contribution in [0.15, 0.2) is 144 Å². The third-order valence-corrected chi connectivity index (χ3v) is 10.3. The Balaban J connectivity index is 1.29. The van der Waals surface area contributed by atoms with Gasteiger partial charge in [0.2, 0.25) is 0 Å². The molecule has 2 aliphatic carbocycles. The molecule has 6 aromatic carbocycles. The first-order valence-corrected chi connectivity index (χ1v) is 15.6. The highest BCUT2D eigenvalue weighted by Crippen LogP contribution is 2.63. The van der Waals surface area contributed by atoms with Crippen LogP contribution in [-0.4, -0.2) is 0 Å². The highest BCUT2D eigenvalue weighted by atomic mass is 16.3. The Morgan fingerprint density at radius 1 is 0.614 bits per heavy atom. The first-order valence-electron chi connectivity index (χ1n) is 15.6. The topological polar surface area (TPSA) is 13.1 Å². The van der Waals surface area contributed by atoms with Crippen molar-refractivity contribution < 1.29 is 4.42 Å². The molecule has 0 fully saturated rings. The summed E-state index contributed by atoms with van der Waals surface area (Å²) in [6.45, 7) is 4.69. The zero-order valence-electron chi connectivity index (χ0n) is 25.0. The quantitative estimate of drug-likeness (QED) is 0.208. The molecule has 2 unspecified atom stereocenters. The van der Waals surface area contributed by atoms with E-state index in [9.17, 15) is 0 Å². The van der Waals surface area contributed by atoms with E-state index in [0.29, 0.717) is 0 Å². The molecule has 1 aromatic heterocycles. The molecule has 1 heteroatoms. The van der Waals surface area contributed by atoms with Crippen LogP contribution in [0.2, 0.25) is 0 Å². The Morgan fingerprint density at radius 3 is 2.25 bits per heavy atom. The normalized spacial score (nSPS) is 20.0. The van der Waals surface area contributed by atoms with Crippen LogP contribution in [0.4, 0.5) is 0 Å². The molecule has 0 radical (unpaired) electrons. The minimum absolute atomic E-state index is 0.198. The SMILES string of the molecule is Cc1ccc2c(c1)C(c1ccc(-c3cccc4c3oc3ccccc34)cc1)(C1(C)C=Cc3ccccc3C1)c1ccccc1-2. The largest absolute Gasteiger partial charge is 0.455 e. The molecule has 210 valence electrons. The summed E-state index contributed by atoms with van der Waals surface area (Å²) in [7, 11) is 0. The number of allylic oxidation sites excluding steroid dienone is 1. The van der Waals surface area contributed by atoms with Crippen molar-refractivity contribution in [3.8, 4) is 22.3 Å². The molecule has 0 amide bonds. The highest BCUT2D eigenvalue weighted by Gasteiger charge is 2.56. The van der Waals surface area contributed by atoms with Crippen LogP contribution in [0.3, 0.4) is 0 Å². The van der Waals surface area contributed by atoms with Crippen molar-refractivity contribution in [1.82, 2.24) is 0 Å². The summed E-state index contributed by atoms with van der Waals surface area (Å²) in [6, 6.07) is 49.2. The van der Waals surface area contributed by atoms with Gasteiger partial charge in [0.05, 0.1) is 5.41 Å². The fourth-order valence-electron chi connectivity index (χ4n) is 8.37. The number of para-hydroxylation sites is 2. The van der Waals surface area contributed by atoms with Gasteiger partial charge in [0, 0.05) is 21.8 Å². The van der Waals surface area contributed by atoms with Crippen LogP contribution in [0.5, 0.6) is 0 Å². The zero-order chi connectivity index (χ0) is 29.5. The minimum atomic E-state index is -0.362. The van der Waals surface area contributed by atoms with Crippen LogP contribution in [0.25, 0.3) is 50.3 Å². The van der Waals surface area contributed by atoms with Crippen molar-refractivity contribution in [2.45, 2.75) is 25.7 Å². The molecule has 1 nitrogen and oxygen atoms in total. The molecule has 2 aliphatic rings. The van der Waals surface area contributed by atoms with Gasteiger partial charge in [-0.05, 0) is 63.9 Å². The Bertz CT molecular complexity index is 2280. The van der Waals surface area contributed by atoms with Gasteiger partial charge in [0.25, 0.3) is 0 Å². The number of hydrogen-bond acceptors (Lipinski definition) is 1. The molecule has 0 spiro atoms. The van der Waals surface area contributed by atoms with E-state index in [1.165, 1.54) is 50.1 Å². The van der Waals surface area contributed by atoms with Crippen molar-refractivity contribution in [1.29, 1.82) is 0 Å². The summed E-state index contributed by atoms with van der Waals surface area (Å²) in [5.74, 6) is 0. The summed E-state index contributed by atoms with van der Waals surface area (Å²) in [5.41, 5.74) is 14.4. The predicted molar refractivity (Wildman–Crippen MR) is 183 cm³/mol. The summed E-state index contributed by atoms with van der Waals surface area (Å²) in [4.78, 5) is 0. The van der Waals surface area contributed by atoms with Gasteiger partial charge < -0.3 is 4.42 Å². The van der Waals surface area contributed by atoms with Gasteiger partial charge in [-0.3, -0.25) is 0 Å². The Labute approximate surface area is 258 Å². The second-order valence-electron chi connectivity index (χ2n) is 12.8. The maximum absolute atomic E-state index is 6.43. The summed E-state index contributed by atoms with van der Waals surface area (Å²) in [5, 5.41) is 2.32. The number of rotatable bonds is 3. The number of aryl methyl sites for hydroxylation is 1. The van der Waals surface area contributed by atoms with E-state index in [1.807, 2.05) is 6.07 Å². The smallest absolute Gasteiger partial charge is 0.143 e. The first-order chi connectivity index (χ1) is 21.6. The van der Waals surface area contributed by atoms with Crippen molar-refractivity contribution in [3.05, 3.63) is 173 Å². The second kappa shape index (κ2) is 9.18. The highest BCUT2D eigenvalue weighted by molar-refractivity contribution is 6.09. The number of benzene rings is 6. The van der Waals surface area contributed by atoms with Gasteiger partial charge in [-0.1, -0.05) is 152 Å². The maximum Gasteiger partial charge on any atom is 0.143 e. The lowest BCUT2D eigenvalue weighted by Gasteiger charge is -2.49. The first kappa shape index (κ1) is 25.4. The fourth-order valence-corrected chi connectivity index (χ4v) is 8.37. The Kier molecular flexibility index (Phi) is 5.29. The summed E-state index contributed by atoms with van der Waals surface area (Å²) >= 11 is 0. The molecule has 1 heterocycles. The Hall–Kier alpha value is -5.14. The number of fused-ring (bicyclic) bond motifs is 7. The van der Waals surface area contributed by atoms with Gasteiger partial charge in [0.1, 0.15) is 11.2 Å². The molecule has 0 saturated carbocycles. The standard InChI is InChI=1S/C43H32O/c1-28-18-23-35-34-12-5-7-16-38(34)43(39(35)26-28,42(2)25-24-29-10-3-4-11-31(29)27-42)32-21-19-30(20-22-32)33-14-9-15-37-36-13-6-8-17-40(36)44-41(33)37/h3-26H,27H2,1-2H3. The molecule has 7 aromatic rings. The number of furan rings is 1. The predicted octanol–water partition coefficient (Wildman–Crippen LogP) is 11.2. The van der Waals surface area contributed by atoms with Crippen LogP contribution in [0, 0.1) is 12.3 Å². The van der Waals surface area contributed by atoms with Crippen molar-refractivity contribution >= 4 is 28.0 Å². The van der Waals surface area contributed by atoms with Gasteiger partial charge in [-0.2, -0.15) is 0 Å². The molecule has 0 aliphatic heterocycles. The van der Waals surface area contributed by atoms with Gasteiger partial charge in [-0.25, -0.2) is 0 Å². The molecular formula is C43H32O. The van der Waals surface area contributed by atoms with E-state index in [-0.39, 0.29) is 10.8 Å². The Morgan fingerprint density at radius 2 is 1.34 bits per heavy atom. The maximum atomic E-state index is 6.43. The third-order valence-electron chi connectivity index (χ3n) is 10.3. The molecule has 0 saturated heterocycles. The minimum Gasteiger partial charge on any atom is -0.455 e. The molecule has 0 N–H and O–H groups in total. The van der Waals surface area contributed by atoms with Crippen molar-refractivity contribution in [2.24, 2.45) is 5.41 Å². The average Bonchev–Trinajstić information content (AvgIpc) is 3.59. The molecule has 0 bridgehead atoms. The van der Waals surface area contributed by atoms with E-state index in [1.54, 1.807) is 0 Å². The molecular weight excluding hydrogens is 532 g/mol. The van der Waals surface area contributed by atoms with Crippen LogP contribution in [0.1, 0.15) is 40.3 Å². The zero-order valence-corrected chi connectivity index (χ0v) is 25.0. The van der Waals surface area contributed by atoms with Gasteiger partial charge >= 0.3 is 0 Å². The van der Waals surface area contributed by atoms with E-state index < -0.39 is 0 Å². The van der Waals surface area contributed by atoms with Crippen LogP contribution < -0.4 is 0 Å². The van der Waals surface area contributed by atoms with E-state index in [0.717, 1.165) is 33.9 Å². The number of hydrogen-bond donors (Lipinski definition) is 0. The van der Waals surface area contributed by atoms with Gasteiger partial charge in [0.15, 0.2) is 0 Å².